The van der Waals surface area contributed by atoms with Crippen LogP contribution in [0.1, 0.15) is 79.3 Å². The van der Waals surface area contributed by atoms with Crippen LogP contribution in [0.3, 0.4) is 0 Å². The number of para-hydroxylation sites is 2. The summed E-state index contributed by atoms with van der Waals surface area (Å²) in [6.45, 7) is 19.1. The average Bonchev–Trinajstić information content (AvgIpc) is 1.59. The van der Waals surface area contributed by atoms with Gasteiger partial charge in [0, 0.05) is 116 Å². The molecule has 19 nitrogen and oxygen atoms in total. The molecule has 0 N–H and O–H groups in total. The Kier molecular flexibility index (Phi) is 38.3. The first kappa shape index (κ1) is 106. The normalized spacial score (nSPS) is 10.8. The second kappa shape index (κ2) is 51.8. The zero-order valence-electron chi connectivity index (χ0n) is 78.9. The molecule has 10 aromatic heterocycles. The van der Waals surface area contributed by atoms with Crippen LogP contribution in [0.15, 0.2) is 402 Å². The average molecular weight is 2070 g/mol. The molecule has 143 heavy (non-hydrogen) atoms. The van der Waals surface area contributed by atoms with Crippen molar-refractivity contribution in [2.45, 2.75) is 78.6 Å². The van der Waals surface area contributed by atoms with Gasteiger partial charge in [-0.05, 0) is 191 Å². The zero-order valence-corrected chi connectivity index (χ0v) is 85.7. The number of halogens is 10. The topological polar surface area (TPSA) is 237 Å². The third-order valence-corrected chi connectivity index (χ3v) is 22.6. The van der Waals surface area contributed by atoms with Gasteiger partial charge in [-0.1, -0.05) is 353 Å². The molecule has 0 fully saturated rings. The Labute approximate surface area is 875 Å². The number of hydrogen-bond donors (Lipinski definition) is 0. The Hall–Kier alpha value is -14.5. The molecule has 0 bridgehead atoms. The standard InChI is InChI=1S/C22H14ClN3.C22H15ClN2.2C16H11ClN2.C12H19ClN2.C10H7ClN2.C8H11ClN2.C4H2ClFN2.C4H3ClN2/c23-22-24-18(15-8-2-1-3-9-15)14-21(25-22)26-19-12-6-4-10-16(19)17-11-5-7-13-20(17)26;23-22-24-14-13-21(25-22)20-8-4-7-19(15-20)18-11-9-17(10-12-18)16-5-2-1-3-6-16;17-16-18-11-14(12-7-3-1-4-8-12)15(19-16)13-9-5-2-6-10-13;17-16-18-14(12-7-3-1-4-8-12)11-15(19-16)13-9-5-2-6-10-13;1-11(2,3)8-7-9(12(4,5)6)15-10(13)14-8;11-10-12-6-9(7-13-10)8-4-2-1-3-5-8;1-8(2,3)6-4-10-7(9)11-5-6;5-4-7-1-3(6)2-8-4;5-4-6-2-1-3-7-4/h1-14H;1-15H;2*1-11H;7H,1-6H3;1-7H;4-5H,1-3H3;1-2H;1-3H. The van der Waals surface area contributed by atoms with Crippen molar-refractivity contribution >= 4 is 126 Å². The molecule has 21 aromatic rings. The first-order valence-electron chi connectivity index (χ1n) is 44.7. The quantitative estimate of drug-likeness (QED) is 0.116. The molecular formula is C114H93Cl9FN19. The number of hydrogen-bond acceptors (Lipinski definition) is 18. The van der Waals surface area contributed by atoms with Crippen LogP contribution in [0.2, 0.25) is 47.6 Å². The molecule has 0 saturated heterocycles. The highest BCUT2D eigenvalue weighted by Crippen LogP contribution is 2.37. The molecule has 0 radical (unpaired) electrons. The number of fused-ring (bicyclic) bond motifs is 3. The Balaban J connectivity index is 0.000000139. The van der Waals surface area contributed by atoms with Gasteiger partial charge < -0.3 is 0 Å². The zero-order chi connectivity index (χ0) is 101. The van der Waals surface area contributed by atoms with Crippen LogP contribution in [0.25, 0.3) is 128 Å². The smallest absolute Gasteiger partial charge is 0.224 e. The molecule has 0 saturated carbocycles. The van der Waals surface area contributed by atoms with Crippen LogP contribution < -0.4 is 0 Å². The van der Waals surface area contributed by atoms with Crippen molar-refractivity contribution < 1.29 is 4.39 Å². The van der Waals surface area contributed by atoms with Crippen molar-refractivity contribution in [3.05, 3.63) is 472 Å². The number of benzene rings is 11. The summed E-state index contributed by atoms with van der Waals surface area (Å²) in [5.74, 6) is 0.288. The fourth-order valence-corrected chi connectivity index (χ4v) is 15.0. The molecule has 714 valence electrons. The van der Waals surface area contributed by atoms with E-state index >= 15 is 0 Å². The van der Waals surface area contributed by atoms with E-state index < -0.39 is 5.82 Å². The fourth-order valence-electron chi connectivity index (χ4n) is 13.8. The lowest BCUT2D eigenvalue weighted by Crippen LogP contribution is -2.19. The van der Waals surface area contributed by atoms with Gasteiger partial charge in [0.05, 0.1) is 63.3 Å². The van der Waals surface area contributed by atoms with E-state index in [-0.39, 0.29) is 47.9 Å². The maximum Gasteiger partial charge on any atom is 0.224 e. The number of rotatable bonds is 10. The minimum atomic E-state index is -0.477. The lowest BCUT2D eigenvalue weighted by Gasteiger charge is -2.23. The van der Waals surface area contributed by atoms with Gasteiger partial charge in [-0.25, -0.2) is 89.1 Å². The van der Waals surface area contributed by atoms with Crippen LogP contribution in [0, 0.1) is 5.82 Å². The minimum absolute atomic E-state index is 0.00653. The lowest BCUT2D eigenvalue weighted by atomic mass is 9.87. The second-order valence-corrected chi connectivity index (χ2v) is 37.4. The van der Waals surface area contributed by atoms with E-state index in [2.05, 4.69) is 254 Å². The Bertz CT molecular complexity index is 7430. The van der Waals surface area contributed by atoms with E-state index in [1.165, 1.54) is 27.5 Å². The summed E-state index contributed by atoms with van der Waals surface area (Å²) in [6, 6.07) is 113. The van der Waals surface area contributed by atoms with Crippen LogP contribution in [-0.4, -0.2) is 94.3 Å². The highest BCUT2D eigenvalue weighted by Gasteiger charge is 2.24. The SMILES string of the molecule is CC(C)(C)c1cc(C(C)(C)C)nc(Cl)n1.CC(C)(C)c1cnc(Cl)nc1.Clc1nc(-c2ccccc2)cc(-c2ccccc2)n1.Clc1nc(-c2ccccc2)cc(-n2c3ccccc3c3ccccc32)n1.Clc1ncc(-c2ccccc2)c(-c2ccccc2)n1.Clc1ncc(-c2ccccc2)cn1.Clc1nccc(-c2cccc(-c3ccc(-c4ccccc4)cc3)c2)n1.Clc1ncccn1.Fc1cnc(Cl)nc1. The summed E-state index contributed by atoms with van der Waals surface area (Å²) in [6.07, 6.45) is 15.6. The molecule has 11 aromatic carbocycles. The largest absolute Gasteiger partial charge is 0.294 e. The molecule has 0 aliphatic rings. The summed E-state index contributed by atoms with van der Waals surface area (Å²) in [4.78, 5) is 72.3. The summed E-state index contributed by atoms with van der Waals surface area (Å²) in [7, 11) is 0. The third-order valence-electron chi connectivity index (χ3n) is 21.0. The number of aromatic nitrogens is 19. The van der Waals surface area contributed by atoms with Gasteiger partial charge >= 0.3 is 0 Å². The predicted octanol–water partition coefficient (Wildman–Crippen LogP) is 32.3. The van der Waals surface area contributed by atoms with Crippen molar-refractivity contribution in [3.8, 4) is 107 Å². The van der Waals surface area contributed by atoms with Gasteiger partial charge in [0.1, 0.15) is 5.82 Å². The van der Waals surface area contributed by atoms with Gasteiger partial charge in [-0.15, -0.1) is 0 Å². The highest BCUT2D eigenvalue weighted by molar-refractivity contribution is 6.30. The maximum absolute atomic E-state index is 11.9. The van der Waals surface area contributed by atoms with Gasteiger partial charge in [0.15, 0.2) is 5.82 Å². The van der Waals surface area contributed by atoms with Crippen LogP contribution >= 0.6 is 104 Å². The molecule has 0 aliphatic heterocycles. The number of nitrogens with zero attached hydrogens (tertiary/aromatic N) is 19. The van der Waals surface area contributed by atoms with Crippen LogP contribution in [0.5, 0.6) is 0 Å². The van der Waals surface area contributed by atoms with E-state index in [4.69, 9.17) is 104 Å². The maximum atomic E-state index is 11.9. The monoisotopic (exact) mass is 2060 g/mol. The van der Waals surface area contributed by atoms with Gasteiger partial charge in [0.25, 0.3) is 0 Å². The molecule has 21 rings (SSSR count). The van der Waals surface area contributed by atoms with Gasteiger partial charge in [-0.2, -0.15) is 4.98 Å². The Morgan fingerprint density at radius 1 is 0.217 bits per heavy atom. The first-order valence-corrected chi connectivity index (χ1v) is 48.1. The molecule has 0 aliphatic carbocycles. The van der Waals surface area contributed by atoms with Gasteiger partial charge in [0.2, 0.25) is 47.6 Å². The summed E-state index contributed by atoms with van der Waals surface area (Å²) in [5, 5.41) is 4.69. The minimum Gasteiger partial charge on any atom is -0.294 e. The van der Waals surface area contributed by atoms with Crippen molar-refractivity contribution in [1.82, 2.24) is 94.3 Å². The molecule has 0 spiro atoms. The molecular weight excluding hydrogens is 1970 g/mol. The van der Waals surface area contributed by atoms with E-state index in [1.807, 2.05) is 237 Å². The molecule has 0 unspecified atom stereocenters. The van der Waals surface area contributed by atoms with E-state index in [0.29, 0.717) is 15.9 Å². The Morgan fingerprint density at radius 3 is 0.986 bits per heavy atom. The molecule has 10 heterocycles. The lowest BCUT2D eigenvalue weighted by molar-refractivity contribution is 0.537. The Morgan fingerprint density at radius 2 is 0.552 bits per heavy atom. The molecule has 29 heteroatoms. The van der Waals surface area contributed by atoms with Crippen LogP contribution in [0.4, 0.5) is 4.39 Å². The molecule has 0 atom stereocenters. The summed E-state index contributed by atoms with van der Waals surface area (Å²) in [5.41, 5.74) is 23.6. The summed E-state index contributed by atoms with van der Waals surface area (Å²) >= 11 is 51.7. The third kappa shape index (κ3) is 32.0. The summed E-state index contributed by atoms with van der Waals surface area (Å²) < 4.78 is 14.0. The highest BCUT2D eigenvalue weighted by atomic mass is 35.5. The first-order chi connectivity index (χ1) is 68.9. The van der Waals surface area contributed by atoms with Gasteiger partial charge in [-0.3, -0.25) is 4.57 Å². The van der Waals surface area contributed by atoms with Crippen molar-refractivity contribution in [1.29, 1.82) is 0 Å². The van der Waals surface area contributed by atoms with Crippen molar-refractivity contribution in [2.24, 2.45) is 0 Å². The second-order valence-electron chi connectivity index (χ2n) is 34.3. The fraction of sp³-hybridized carbons (Fsp3) is 0.105. The van der Waals surface area contributed by atoms with Crippen molar-refractivity contribution in [2.75, 3.05) is 0 Å². The predicted molar refractivity (Wildman–Crippen MR) is 583 cm³/mol. The van der Waals surface area contributed by atoms with Crippen LogP contribution in [-0.2, 0) is 16.2 Å². The van der Waals surface area contributed by atoms with E-state index in [9.17, 15) is 4.39 Å². The molecule has 0 amide bonds. The van der Waals surface area contributed by atoms with Crippen molar-refractivity contribution in [3.63, 3.8) is 0 Å². The van der Waals surface area contributed by atoms with E-state index in [0.717, 1.165) is 130 Å². The van der Waals surface area contributed by atoms with E-state index in [1.54, 1.807) is 55.6 Å².